The summed E-state index contributed by atoms with van der Waals surface area (Å²) in [4.78, 5) is 8.99. The van der Waals surface area contributed by atoms with Crippen molar-refractivity contribution in [3.63, 3.8) is 0 Å². The molecule has 0 heterocycles. The van der Waals surface area contributed by atoms with Crippen LogP contribution in [-0.2, 0) is 6.54 Å². The smallest absolute Gasteiger partial charge is 0.193 e. The average Bonchev–Trinajstić information content (AvgIpc) is 3.40. The van der Waals surface area contributed by atoms with Crippen molar-refractivity contribution in [1.82, 2.24) is 15.1 Å². The number of benzene rings is 1. The van der Waals surface area contributed by atoms with Crippen LogP contribution in [0, 0.1) is 0 Å². The first-order valence-electron chi connectivity index (χ1n) is 8.32. The molecule has 0 saturated heterocycles. The van der Waals surface area contributed by atoms with E-state index in [0.29, 0.717) is 6.04 Å². The largest absolute Gasteiger partial charge is 0.496 e. The van der Waals surface area contributed by atoms with E-state index in [1.807, 2.05) is 25.2 Å². The normalized spacial score (nSPS) is 16.3. The fraction of sp³-hybridized carbons (Fsp3) is 0.611. The van der Waals surface area contributed by atoms with Crippen molar-refractivity contribution in [2.75, 3.05) is 34.8 Å². The van der Waals surface area contributed by atoms with Crippen LogP contribution < -0.4 is 10.1 Å². The first-order chi connectivity index (χ1) is 11.1. The molecule has 5 nitrogen and oxygen atoms in total. The van der Waals surface area contributed by atoms with Crippen LogP contribution in [0.2, 0.25) is 0 Å². The lowest BCUT2D eigenvalue weighted by molar-refractivity contribution is 0.246. The molecule has 23 heavy (non-hydrogen) atoms. The predicted octanol–water partition coefficient (Wildman–Crippen LogP) is 2.19. The molecule has 1 atom stereocenters. The number of likely N-dealkylation sites (N-methyl/N-ethyl adjacent to an activating group) is 1. The van der Waals surface area contributed by atoms with Gasteiger partial charge in [0.1, 0.15) is 5.75 Å². The van der Waals surface area contributed by atoms with Gasteiger partial charge in [0, 0.05) is 44.8 Å². The molecule has 0 spiro atoms. The average molecular weight is 318 g/mol. The zero-order chi connectivity index (χ0) is 16.8. The second kappa shape index (κ2) is 8.20. The third kappa shape index (κ3) is 4.86. The number of para-hydroxylation sites is 1. The van der Waals surface area contributed by atoms with Crippen molar-refractivity contribution >= 4 is 5.96 Å². The first-order valence-corrected chi connectivity index (χ1v) is 8.32. The molecule has 0 aliphatic heterocycles. The summed E-state index contributed by atoms with van der Waals surface area (Å²) < 4.78 is 5.43. The van der Waals surface area contributed by atoms with Crippen LogP contribution in [0.1, 0.15) is 25.3 Å². The second-order valence-electron chi connectivity index (χ2n) is 6.34. The molecule has 1 aliphatic rings. The molecule has 2 rings (SSSR count). The second-order valence-corrected chi connectivity index (χ2v) is 6.34. The predicted molar refractivity (Wildman–Crippen MR) is 96.1 cm³/mol. The highest BCUT2D eigenvalue weighted by atomic mass is 16.5. The van der Waals surface area contributed by atoms with E-state index in [2.05, 4.69) is 47.2 Å². The van der Waals surface area contributed by atoms with E-state index in [1.54, 1.807) is 7.11 Å². The Kier molecular flexibility index (Phi) is 6.28. The van der Waals surface area contributed by atoms with E-state index in [1.165, 1.54) is 12.8 Å². The van der Waals surface area contributed by atoms with Gasteiger partial charge in [-0.1, -0.05) is 18.2 Å². The SMILES string of the molecule is CN=C(NCC(C)N(C)C1CC1)N(C)Cc1ccccc1OC. The summed E-state index contributed by atoms with van der Waals surface area (Å²) in [5.74, 6) is 1.82. The topological polar surface area (TPSA) is 40.1 Å². The summed E-state index contributed by atoms with van der Waals surface area (Å²) >= 11 is 0. The molecule has 1 aromatic rings. The number of hydrogen-bond acceptors (Lipinski definition) is 3. The summed E-state index contributed by atoms with van der Waals surface area (Å²) in [5.41, 5.74) is 1.16. The van der Waals surface area contributed by atoms with E-state index < -0.39 is 0 Å². The summed E-state index contributed by atoms with van der Waals surface area (Å²) in [7, 11) is 7.81. The number of nitrogens with zero attached hydrogens (tertiary/aromatic N) is 3. The highest BCUT2D eigenvalue weighted by molar-refractivity contribution is 5.79. The van der Waals surface area contributed by atoms with Gasteiger partial charge in [0.25, 0.3) is 0 Å². The number of methoxy groups -OCH3 is 1. The quantitative estimate of drug-likeness (QED) is 0.618. The Morgan fingerprint density at radius 2 is 2.04 bits per heavy atom. The molecule has 1 fully saturated rings. The van der Waals surface area contributed by atoms with Gasteiger partial charge in [0.15, 0.2) is 5.96 Å². The van der Waals surface area contributed by atoms with E-state index >= 15 is 0 Å². The van der Waals surface area contributed by atoms with E-state index in [4.69, 9.17) is 4.74 Å². The Morgan fingerprint density at radius 1 is 1.35 bits per heavy atom. The zero-order valence-electron chi connectivity index (χ0n) is 15.0. The molecular weight excluding hydrogens is 288 g/mol. The summed E-state index contributed by atoms with van der Waals surface area (Å²) in [6.07, 6.45) is 2.67. The van der Waals surface area contributed by atoms with Crippen molar-refractivity contribution in [3.8, 4) is 5.75 Å². The maximum atomic E-state index is 5.43. The van der Waals surface area contributed by atoms with Crippen LogP contribution >= 0.6 is 0 Å². The molecule has 0 radical (unpaired) electrons. The standard InChI is InChI=1S/C18H30N4O/c1-14(22(4)16-10-11-16)12-20-18(19-2)21(3)13-15-8-6-7-9-17(15)23-5/h6-9,14,16H,10-13H2,1-5H3,(H,19,20). The van der Waals surface area contributed by atoms with Crippen LogP contribution in [0.4, 0.5) is 0 Å². The van der Waals surface area contributed by atoms with E-state index in [0.717, 1.165) is 36.4 Å². The van der Waals surface area contributed by atoms with Crippen molar-refractivity contribution in [3.05, 3.63) is 29.8 Å². The minimum atomic E-state index is 0.499. The molecule has 0 aromatic heterocycles. The van der Waals surface area contributed by atoms with Gasteiger partial charge in [0.05, 0.1) is 7.11 Å². The van der Waals surface area contributed by atoms with Gasteiger partial charge >= 0.3 is 0 Å². The molecule has 128 valence electrons. The number of hydrogen-bond donors (Lipinski definition) is 1. The number of ether oxygens (including phenoxy) is 1. The molecule has 0 amide bonds. The maximum Gasteiger partial charge on any atom is 0.193 e. The van der Waals surface area contributed by atoms with Crippen LogP contribution in [0.25, 0.3) is 0 Å². The molecule has 1 saturated carbocycles. The lowest BCUT2D eigenvalue weighted by Crippen LogP contribution is -2.45. The summed E-state index contributed by atoms with van der Waals surface area (Å²) in [6.45, 7) is 3.92. The monoisotopic (exact) mass is 318 g/mol. The third-order valence-electron chi connectivity index (χ3n) is 4.55. The summed E-state index contributed by atoms with van der Waals surface area (Å²) in [6, 6.07) is 9.39. The molecular formula is C18H30N4O. The van der Waals surface area contributed by atoms with Gasteiger partial charge < -0.3 is 15.0 Å². The molecule has 1 unspecified atom stereocenters. The Bertz CT molecular complexity index is 528. The van der Waals surface area contributed by atoms with Gasteiger partial charge in [-0.15, -0.1) is 0 Å². The van der Waals surface area contributed by atoms with Crippen LogP contribution in [-0.4, -0.2) is 62.6 Å². The van der Waals surface area contributed by atoms with Gasteiger partial charge in [-0.2, -0.15) is 0 Å². The van der Waals surface area contributed by atoms with Crippen molar-refractivity contribution in [2.45, 2.75) is 38.4 Å². The molecule has 0 bridgehead atoms. The highest BCUT2D eigenvalue weighted by Crippen LogP contribution is 2.26. The van der Waals surface area contributed by atoms with Gasteiger partial charge in [0.2, 0.25) is 0 Å². The lowest BCUT2D eigenvalue weighted by Gasteiger charge is -2.28. The molecule has 1 N–H and O–H groups in total. The Balaban J connectivity index is 1.89. The number of rotatable bonds is 7. The van der Waals surface area contributed by atoms with E-state index in [9.17, 15) is 0 Å². The third-order valence-corrected chi connectivity index (χ3v) is 4.55. The van der Waals surface area contributed by atoms with Crippen molar-refractivity contribution in [2.24, 2.45) is 4.99 Å². The number of aliphatic imine (C=N–C) groups is 1. The van der Waals surface area contributed by atoms with E-state index in [-0.39, 0.29) is 0 Å². The fourth-order valence-corrected chi connectivity index (χ4v) is 2.77. The van der Waals surface area contributed by atoms with Crippen LogP contribution in [0.3, 0.4) is 0 Å². The zero-order valence-corrected chi connectivity index (χ0v) is 15.0. The highest BCUT2D eigenvalue weighted by Gasteiger charge is 2.29. The minimum Gasteiger partial charge on any atom is -0.496 e. The number of guanidine groups is 1. The Labute approximate surface area is 140 Å². The fourth-order valence-electron chi connectivity index (χ4n) is 2.77. The number of nitrogens with one attached hydrogen (secondary N) is 1. The first kappa shape index (κ1) is 17.6. The molecule has 5 heteroatoms. The van der Waals surface area contributed by atoms with Crippen LogP contribution in [0.5, 0.6) is 5.75 Å². The minimum absolute atomic E-state index is 0.499. The van der Waals surface area contributed by atoms with Gasteiger partial charge in [-0.25, -0.2) is 0 Å². The Morgan fingerprint density at radius 3 is 2.65 bits per heavy atom. The van der Waals surface area contributed by atoms with Gasteiger partial charge in [-0.3, -0.25) is 9.89 Å². The van der Waals surface area contributed by atoms with Crippen molar-refractivity contribution in [1.29, 1.82) is 0 Å². The summed E-state index contributed by atoms with van der Waals surface area (Å²) in [5, 5.41) is 3.48. The van der Waals surface area contributed by atoms with Crippen LogP contribution in [0.15, 0.2) is 29.3 Å². The molecule has 1 aromatic carbocycles. The molecule has 1 aliphatic carbocycles. The maximum absolute atomic E-state index is 5.43. The Hall–Kier alpha value is -1.75. The lowest BCUT2D eigenvalue weighted by atomic mass is 10.2. The van der Waals surface area contributed by atoms with Gasteiger partial charge in [-0.05, 0) is 32.9 Å². The van der Waals surface area contributed by atoms with Crippen molar-refractivity contribution < 1.29 is 4.74 Å².